The van der Waals surface area contributed by atoms with E-state index in [1.165, 1.54) is 12.8 Å². The Bertz CT molecular complexity index is 1060. The van der Waals surface area contributed by atoms with Crippen molar-refractivity contribution in [3.63, 3.8) is 0 Å². The summed E-state index contributed by atoms with van der Waals surface area (Å²) in [5.41, 5.74) is 0.881. The number of anilines is 1. The van der Waals surface area contributed by atoms with Gasteiger partial charge in [-0.3, -0.25) is 9.88 Å². The molecule has 1 aromatic carbocycles. The first-order valence-electron chi connectivity index (χ1n) is 13.5. The van der Waals surface area contributed by atoms with E-state index in [9.17, 15) is 9.90 Å². The lowest BCUT2D eigenvalue weighted by atomic mass is 9.77. The normalized spacial score (nSPS) is 27.7. The number of piperazine rings is 1. The quantitative estimate of drug-likeness (QED) is 0.548. The van der Waals surface area contributed by atoms with Crippen LogP contribution >= 0.6 is 23.2 Å². The average molecular weight is 547 g/mol. The predicted octanol–water partition coefficient (Wildman–Crippen LogP) is 5.08. The molecule has 9 heteroatoms. The highest BCUT2D eigenvalue weighted by molar-refractivity contribution is 6.42. The second-order valence-electron chi connectivity index (χ2n) is 10.9. The van der Waals surface area contributed by atoms with E-state index in [0.29, 0.717) is 27.7 Å². The third-order valence-corrected chi connectivity index (χ3v) is 9.13. The van der Waals surface area contributed by atoms with E-state index < -0.39 is 5.60 Å². The summed E-state index contributed by atoms with van der Waals surface area (Å²) in [4.78, 5) is 24.0. The number of hydrogen-bond donors (Lipinski definition) is 2. The fourth-order valence-corrected chi connectivity index (χ4v) is 6.52. The zero-order valence-corrected chi connectivity index (χ0v) is 22.8. The molecule has 2 amide bonds. The summed E-state index contributed by atoms with van der Waals surface area (Å²) in [5.74, 6) is 0.657. The molecule has 1 saturated carbocycles. The van der Waals surface area contributed by atoms with Gasteiger partial charge >= 0.3 is 6.03 Å². The molecule has 0 spiro atoms. The molecule has 200 valence electrons. The van der Waals surface area contributed by atoms with E-state index in [1.54, 1.807) is 24.4 Å². The minimum atomic E-state index is -0.730. The van der Waals surface area contributed by atoms with Crippen LogP contribution in [-0.2, 0) is 5.60 Å². The number of urea groups is 1. The highest BCUT2D eigenvalue weighted by Crippen LogP contribution is 2.39. The summed E-state index contributed by atoms with van der Waals surface area (Å²) in [6.45, 7) is 6.62. The molecule has 0 bridgehead atoms. The number of rotatable bonds is 5. The minimum absolute atomic E-state index is 0.0922. The Balaban J connectivity index is 1.06. The maximum Gasteiger partial charge on any atom is 0.321 e. The number of nitrogens with zero attached hydrogens (tertiary/aromatic N) is 4. The molecule has 2 aromatic rings. The van der Waals surface area contributed by atoms with Gasteiger partial charge in [0.25, 0.3) is 0 Å². The van der Waals surface area contributed by atoms with Crippen molar-refractivity contribution in [2.24, 2.45) is 5.92 Å². The molecule has 0 unspecified atom stereocenters. The van der Waals surface area contributed by atoms with Crippen molar-refractivity contribution in [2.45, 2.75) is 50.2 Å². The fraction of sp³-hybridized carbons (Fsp3) is 0.571. The van der Waals surface area contributed by atoms with E-state index in [-0.39, 0.29) is 6.03 Å². The van der Waals surface area contributed by atoms with Crippen molar-refractivity contribution in [1.29, 1.82) is 0 Å². The largest absolute Gasteiger partial charge is 0.385 e. The number of benzene rings is 1. The smallest absolute Gasteiger partial charge is 0.321 e. The lowest BCUT2D eigenvalue weighted by Crippen LogP contribution is -2.53. The summed E-state index contributed by atoms with van der Waals surface area (Å²) in [6.07, 6.45) is 9.75. The van der Waals surface area contributed by atoms with Gasteiger partial charge in [0, 0.05) is 69.0 Å². The van der Waals surface area contributed by atoms with Crippen molar-refractivity contribution < 1.29 is 9.90 Å². The Morgan fingerprint density at radius 1 is 1.05 bits per heavy atom. The summed E-state index contributed by atoms with van der Waals surface area (Å²) in [7, 11) is 0. The molecule has 2 N–H and O–H groups in total. The van der Waals surface area contributed by atoms with Crippen molar-refractivity contribution in [2.75, 3.05) is 51.1 Å². The van der Waals surface area contributed by atoms with E-state index in [0.717, 1.165) is 77.1 Å². The van der Waals surface area contributed by atoms with Gasteiger partial charge in [0.2, 0.25) is 0 Å². The van der Waals surface area contributed by atoms with E-state index in [1.807, 2.05) is 23.2 Å². The first-order chi connectivity index (χ1) is 17.9. The van der Waals surface area contributed by atoms with Crippen LogP contribution in [0.3, 0.4) is 0 Å². The minimum Gasteiger partial charge on any atom is -0.385 e. The van der Waals surface area contributed by atoms with E-state index in [2.05, 4.69) is 20.1 Å². The van der Waals surface area contributed by atoms with Crippen LogP contribution in [-0.4, -0.2) is 82.7 Å². The number of carbonyl (C=O) groups is 1. The second kappa shape index (κ2) is 11.9. The molecule has 7 nitrogen and oxygen atoms in total. The van der Waals surface area contributed by atoms with Crippen LogP contribution < -0.4 is 5.32 Å². The molecular weight excluding hydrogens is 509 g/mol. The number of likely N-dealkylation sites (tertiary alicyclic amines) is 1. The molecule has 3 fully saturated rings. The highest BCUT2D eigenvalue weighted by atomic mass is 35.5. The summed E-state index contributed by atoms with van der Waals surface area (Å²) < 4.78 is 0. The monoisotopic (exact) mass is 545 g/mol. The van der Waals surface area contributed by atoms with Crippen LogP contribution in [0.15, 0.2) is 42.7 Å². The van der Waals surface area contributed by atoms with Crippen molar-refractivity contribution >= 4 is 34.9 Å². The number of nitrogens with one attached hydrogen (secondary N) is 1. The Hall–Kier alpha value is -1.90. The molecule has 5 rings (SSSR count). The number of hydrogen-bond acceptors (Lipinski definition) is 5. The number of amides is 2. The van der Waals surface area contributed by atoms with Crippen LogP contribution in [0, 0.1) is 5.92 Å². The second-order valence-corrected chi connectivity index (χ2v) is 11.7. The van der Waals surface area contributed by atoms with Crippen LogP contribution in [0.5, 0.6) is 0 Å². The van der Waals surface area contributed by atoms with Crippen LogP contribution in [0.1, 0.15) is 44.1 Å². The molecular formula is C28H37Cl2N5O2. The third kappa shape index (κ3) is 6.58. The number of pyridine rings is 1. The topological polar surface area (TPSA) is 71.9 Å². The van der Waals surface area contributed by atoms with Gasteiger partial charge in [0.1, 0.15) is 0 Å². The van der Waals surface area contributed by atoms with E-state index >= 15 is 0 Å². The van der Waals surface area contributed by atoms with Gasteiger partial charge in [-0.2, -0.15) is 0 Å². The third-order valence-electron chi connectivity index (χ3n) is 8.39. The maximum absolute atomic E-state index is 12.7. The molecule has 1 aliphatic carbocycles. The van der Waals surface area contributed by atoms with Gasteiger partial charge in [0.05, 0.1) is 15.6 Å². The number of aromatic nitrogens is 1. The molecule has 37 heavy (non-hydrogen) atoms. The van der Waals surface area contributed by atoms with Crippen molar-refractivity contribution in [1.82, 2.24) is 19.7 Å². The van der Waals surface area contributed by atoms with Crippen molar-refractivity contribution in [3.05, 3.63) is 58.3 Å². The zero-order valence-electron chi connectivity index (χ0n) is 21.3. The van der Waals surface area contributed by atoms with Crippen LogP contribution in [0.2, 0.25) is 10.0 Å². The van der Waals surface area contributed by atoms with E-state index in [4.69, 9.17) is 23.2 Å². The molecule has 2 saturated heterocycles. The van der Waals surface area contributed by atoms with Gasteiger partial charge in [-0.05, 0) is 75.3 Å². The first-order valence-corrected chi connectivity index (χ1v) is 14.3. The zero-order chi connectivity index (χ0) is 25.8. The van der Waals surface area contributed by atoms with Gasteiger partial charge in [-0.1, -0.05) is 29.3 Å². The van der Waals surface area contributed by atoms with Crippen molar-refractivity contribution in [3.8, 4) is 0 Å². The lowest BCUT2D eigenvalue weighted by molar-refractivity contribution is -0.0324. The SMILES string of the molecule is O=C(Nc1ccc(Cl)c(Cl)c1)N1CCN(C[C@@H]2CCCN(C3CCC(O)(c4cccnc4)CC3)C2)CC1. The summed E-state index contributed by atoms with van der Waals surface area (Å²) in [5, 5.41) is 15.0. The number of halogens is 2. The Kier molecular flexibility index (Phi) is 8.57. The van der Waals surface area contributed by atoms with Crippen LogP contribution in [0.25, 0.3) is 0 Å². The number of piperidine rings is 1. The summed E-state index contributed by atoms with van der Waals surface area (Å²) >= 11 is 12.0. The molecule has 1 aromatic heterocycles. The highest BCUT2D eigenvalue weighted by Gasteiger charge is 2.38. The van der Waals surface area contributed by atoms with Gasteiger partial charge in [0.15, 0.2) is 0 Å². The predicted molar refractivity (Wildman–Crippen MR) is 148 cm³/mol. The first kappa shape index (κ1) is 26.7. The Labute approximate surface area is 229 Å². The number of carbonyl (C=O) groups excluding carboxylic acids is 1. The molecule has 2 aliphatic heterocycles. The van der Waals surface area contributed by atoms with Gasteiger partial charge in [-0.25, -0.2) is 4.79 Å². The molecule has 3 aliphatic rings. The fourth-order valence-electron chi connectivity index (χ4n) is 6.23. The molecule has 3 heterocycles. The molecule has 0 radical (unpaired) electrons. The van der Waals surface area contributed by atoms with Gasteiger partial charge in [-0.15, -0.1) is 0 Å². The molecule has 1 atom stereocenters. The lowest BCUT2D eigenvalue weighted by Gasteiger charge is -2.45. The standard InChI is InChI=1S/C28H37Cl2N5O2/c29-25-6-5-23(17-26(25)30)32-27(36)34-15-13-33(14-16-34)19-21-3-2-12-35(20-21)24-7-9-28(37,10-8-24)22-4-1-11-31-18-22/h1,4-6,11,17-18,21,24,37H,2-3,7-10,12-16,19-20H2,(H,32,36)/t21-,24?,28?/m0/s1. The average Bonchev–Trinajstić information content (AvgIpc) is 2.92. The Morgan fingerprint density at radius 3 is 2.54 bits per heavy atom. The Morgan fingerprint density at radius 2 is 1.84 bits per heavy atom. The van der Waals surface area contributed by atoms with Gasteiger partial charge < -0.3 is 20.2 Å². The summed E-state index contributed by atoms with van der Waals surface area (Å²) in [6, 6.07) is 9.52. The maximum atomic E-state index is 12.7. The number of aliphatic hydroxyl groups is 1. The van der Waals surface area contributed by atoms with Crippen LogP contribution in [0.4, 0.5) is 10.5 Å².